The quantitative estimate of drug-likeness (QED) is 0.665. The fourth-order valence-corrected chi connectivity index (χ4v) is 5.39. The number of ether oxygens (including phenoxy) is 1. The maximum absolute atomic E-state index is 12.9. The summed E-state index contributed by atoms with van der Waals surface area (Å²) in [5.74, 6) is -0.761. The fourth-order valence-electron chi connectivity index (χ4n) is 4.55. The molecule has 1 atom stereocenters. The SMILES string of the molecule is CC1=C(C(=O)NCCN2CCCCC2C)C2(CCN(S(C)(=O)=O)CC2)OC1=O. The lowest BCUT2D eigenvalue weighted by atomic mass is 9.83. The van der Waals surface area contributed by atoms with Crippen molar-refractivity contribution in [3.05, 3.63) is 11.1 Å². The molecule has 3 aliphatic heterocycles. The van der Waals surface area contributed by atoms with Gasteiger partial charge in [0.25, 0.3) is 5.91 Å². The van der Waals surface area contributed by atoms with Crippen molar-refractivity contribution >= 4 is 21.9 Å². The van der Waals surface area contributed by atoms with Crippen LogP contribution in [-0.4, -0.2) is 80.1 Å². The van der Waals surface area contributed by atoms with Crippen LogP contribution in [0.3, 0.4) is 0 Å². The van der Waals surface area contributed by atoms with Gasteiger partial charge in [-0.05, 0) is 33.2 Å². The number of nitrogens with zero attached hydrogens (tertiary/aromatic N) is 2. The summed E-state index contributed by atoms with van der Waals surface area (Å²) < 4.78 is 30.5. The first kappa shape index (κ1) is 21.3. The molecule has 1 amide bonds. The van der Waals surface area contributed by atoms with Gasteiger partial charge in [0.2, 0.25) is 10.0 Å². The predicted molar refractivity (Wildman–Crippen MR) is 105 cm³/mol. The van der Waals surface area contributed by atoms with E-state index in [1.54, 1.807) is 6.92 Å². The molecule has 28 heavy (non-hydrogen) atoms. The monoisotopic (exact) mass is 413 g/mol. The Bertz CT molecular complexity index is 768. The lowest BCUT2D eigenvalue weighted by Crippen LogP contribution is -2.50. The molecule has 3 aliphatic rings. The van der Waals surface area contributed by atoms with Crippen molar-refractivity contribution < 1.29 is 22.7 Å². The van der Waals surface area contributed by atoms with Gasteiger partial charge >= 0.3 is 5.97 Å². The first-order chi connectivity index (χ1) is 13.1. The second-order valence-corrected chi connectivity index (χ2v) is 10.2. The highest BCUT2D eigenvalue weighted by atomic mass is 32.2. The first-order valence-electron chi connectivity index (χ1n) is 10.1. The molecular formula is C19H31N3O5S. The molecule has 2 fully saturated rings. The van der Waals surface area contributed by atoms with Crippen LogP contribution in [0.25, 0.3) is 0 Å². The number of sulfonamides is 1. The second-order valence-electron chi connectivity index (χ2n) is 8.18. The van der Waals surface area contributed by atoms with E-state index >= 15 is 0 Å². The van der Waals surface area contributed by atoms with E-state index in [9.17, 15) is 18.0 Å². The van der Waals surface area contributed by atoms with Gasteiger partial charge in [0.1, 0.15) is 5.60 Å². The summed E-state index contributed by atoms with van der Waals surface area (Å²) in [6, 6.07) is 0.523. The number of hydrogen-bond donors (Lipinski definition) is 1. The average molecular weight is 414 g/mol. The number of carbonyl (C=O) groups is 2. The van der Waals surface area contributed by atoms with E-state index in [2.05, 4.69) is 17.1 Å². The van der Waals surface area contributed by atoms with Gasteiger partial charge < -0.3 is 10.1 Å². The third-order valence-corrected chi connectivity index (χ3v) is 7.58. The van der Waals surface area contributed by atoms with Crippen LogP contribution in [0.2, 0.25) is 0 Å². The zero-order chi connectivity index (χ0) is 20.5. The number of rotatable bonds is 5. The molecule has 3 rings (SSSR count). The van der Waals surface area contributed by atoms with E-state index in [0.717, 1.165) is 13.1 Å². The van der Waals surface area contributed by atoms with Gasteiger partial charge in [-0.15, -0.1) is 0 Å². The Kier molecular flexibility index (Phi) is 6.17. The molecule has 0 aromatic heterocycles. The van der Waals surface area contributed by atoms with Crippen molar-refractivity contribution in [1.29, 1.82) is 0 Å². The van der Waals surface area contributed by atoms with Crippen molar-refractivity contribution in [2.75, 3.05) is 39.0 Å². The average Bonchev–Trinajstić information content (AvgIpc) is 2.86. The highest BCUT2D eigenvalue weighted by Gasteiger charge is 2.51. The molecule has 0 aliphatic carbocycles. The molecule has 1 N–H and O–H groups in total. The fraction of sp³-hybridized carbons (Fsp3) is 0.789. The van der Waals surface area contributed by atoms with Crippen molar-refractivity contribution in [2.24, 2.45) is 0 Å². The number of piperidine rings is 2. The molecule has 0 aromatic carbocycles. The Morgan fingerprint density at radius 1 is 1.25 bits per heavy atom. The van der Waals surface area contributed by atoms with Gasteiger partial charge in [-0.3, -0.25) is 9.69 Å². The molecule has 9 heteroatoms. The molecule has 0 saturated carbocycles. The van der Waals surface area contributed by atoms with E-state index in [-0.39, 0.29) is 19.0 Å². The maximum Gasteiger partial charge on any atom is 0.335 e. The van der Waals surface area contributed by atoms with Crippen molar-refractivity contribution in [3.63, 3.8) is 0 Å². The Labute approximate surface area is 167 Å². The minimum Gasteiger partial charge on any atom is -0.450 e. The molecule has 0 bridgehead atoms. The Balaban J connectivity index is 1.64. The van der Waals surface area contributed by atoms with E-state index in [1.807, 2.05) is 0 Å². The highest BCUT2D eigenvalue weighted by Crippen LogP contribution is 2.41. The second kappa shape index (κ2) is 8.12. The summed E-state index contributed by atoms with van der Waals surface area (Å²) in [5, 5.41) is 2.95. The van der Waals surface area contributed by atoms with Crippen LogP contribution in [0.15, 0.2) is 11.1 Å². The molecule has 0 aromatic rings. The van der Waals surface area contributed by atoms with Gasteiger partial charge in [0.05, 0.1) is 11.8 Å². The lowest BCUT2D eigenvalue weighted by molar-refractivity contribution is -0.150. The number of amides is 1. The molecular weight excluding hydrogens is 382 g/mol. The molecule has 158 valence electrons. The molecule has 1 spiro atoms. The predicted octanol–water partition coefficient (Wildman–Crippen LogP) is 0.645. The standard InChI is InChI=1S/C19H31N3O5S/c1-14-6-4-5-10-21(14)13-9-20-17(23)16-15(2)18(24)27-19(16)7-11-22(12-8-19)28(3,25)26/h14H,4-13H2,1-3H3,(H,20,23). The largest absolute Gasteiger partial charge is 0.450 e. The van der Waals surface area contributed by atoms with Gasteiger partial charge in [0, 0.05) is 50.6 Å². The third kappa shape index (κ3) is 4.26. The molecule has 8 nitrogen and oxygen atoms in total. The molecule has 1 unspecified atom stereocenters. The normalized spacial score (nSPS) is 26.5. The molecule has 0 radical (unpaired) electrons. The topological polar surface area (TPSA) is 96.0 Å². The van der Waals surface area contributed by atoms with Gasteiger partial charge in [-0.2, -0.15) is 0 Å². The van der Waals surface area contributed by atoms with E-state index in [4.69, 9.17) is 4.74 Å². The van der Waals surface area contributed by atoms with Crippen LogP contribution in [-0.2, 0) is 24.3 Å². The summed E-state index contributed by atoms with van der Waals surface area (Å²) in [5.41, 5.74) is -0.306. The van der Waals surface area contributed by atoms with Gasteiger partial charge in [-0.1, -0.05) is 6.42 Å². The van der Waals surface area contributed by atoms with E-state index in [0.29, 0.717) is 36.6 Å². The minimum atomic E-state index is -3.30. The maximum atomic E-state index is 12.9. The van der Waals surface area contributed by atoms with Crippen LogP contribution in [0, 0.1) is 0 Å². The van der Waals surface area contributed by atoms with Crippen LogP contribution < -0.4 is 5.32 Å². The third-order valence-electron chi connectivity index (χ3n) is 6.28. The van der Waals surface area contributed by atoms with Gasteiger partial charge in [-0.25, -0.2) is 17.5 Å². The zero-order valence-corrected chi connectivity index (χ0v) is 17.8. The number of nitrogens with one attached hydrogen (secondary N) is 1. The van der Waals surface area contributed by atoms with Crippen molar-refractivity contribution in [3.8, 4) is 0 Å². The van der Waals surface area contributed by atoms with Crippen LogP contribution in [0.5, 0.6) is 0 Å². The van der Waals surface area contributed by atoms with Gasteiger partial charge in [0.15, 0.2) is 0 Å². The number of esters is 1. The number of likely N-dealkylation sites (tertiary alicyclic amines) is 1. The highest BCUT2D eigenvalue weighted by molar-refractivity contribution is 7.88. The summed E-state index contributed by atoms with van der Waals surface area (Å²) >= 11 is 0. The number of carbonyl (C=O) groups excluding carboxylic acids is 2. The minimum absolute atomic E-state index is 0.238. The first-order valence-corrected chi connectivity index (χ1v) is 11.9. The zero-order valence-electron chi connectivity index (χ0n) is 17.0. The summed E-state index contributed by atoms with van der Waals surface area (Å²) in [6.45, 7) is 6.64. The number of hydrogen-bond acceptors (Lipinski definition) is 6. The van der Waals surface area contributed by atoms with Crippen molar-refractivity contribution in [1.82, 2.24) is 14.5 Å². The van der Waals surface area contributed by atoms with Crippen LogP contribution >= 0.6 is 0 Å². The summed E-state index contributed by atoms with van der Waals surface area (Å²) in [4.78, 5) is 27.5. The Morgan fingerprint density at radius 2 is 1.93 bits per heavy atom. The smallest absolute Gasteiger partial charge is 0.335 e. The summed E-state index contributed by atoms with van der Waals surface area (Å²) in [6.07, 6.45) is 5.39. The van der Waals surface area contributed by atoms with Crippen LogP contribution in [0.1, 0.15) is 46.0 Å². The summed E-state index contributed by atoms with van der Waals surface area (Å²) in [7, 11) is -3.30. The van der Waals surface area contributed by atoms with E-state index in [1.165, 1.54) is 29.8 Å². The van der Waals surface area contributed by atoms with Crippen LogP contribution in [0.4, 0.5) is 0 Å². The molecule has 2 saturated heterocycles. The Morgan fingerprint density at radius 3 is 2.54 bits per heavy atom. The van der Waals surface area contributed by atoms with Crippen molar-refractivity contribution in [2.45, 2.75) is 57.6 Å². The lowest BCUT2D eigenvalue weighted by Gasteiger charge is -2.38. The Hall–Kier alpha value is -1.45. The van der Waals surface area contributed by atoms with E-state index < -0.39 is 21.6 Å². The molecule has 3 heterocycles.